The third-order valence-corrected chi connectivity index (χ3v) is 7.49. The van der Waals surface area contributed by atoms with Crippen LogP contribution in [0.3, 0.4) is 0 Å². The minimum atomic E-state index is -2.70. The van der Waals surface area contributed by atoms with Crippen LogP contribution in [-0.4, -0.2) is 73.5 Å². The molecule has 3 aliphatic rings. The Bertz CT molecular complexity index is 1200. The third kappa shape index (κ3) is 2.80. The smallest absolute Gasteiger partial charge is 0.209 e. The number of hydrogen-bond acceptors (Lipinski definition) is 9. The molecule has 176 valence electrons. The minimum Gasteiger partial charge on any atom is -0.510 e. The first kappa shape index (κ1) is 23.4. The summed E-state index contributed by atoms with van der Waals surface area (Å²) in [5.41, 5.74) is -6.08. The molecule has 0 amide bonds. The second-order valence-corrected chi connectivity index (χ2v) is 9.68. The number of fused-ring (bicyclic) bond motifs is 3. The number of halogens is 1. The van der Waals surface area contributed by atoms with Crippen LogP contribution in [0.4, 0.5) is 0 Å². The van der Waals surface area contributed by atoms with Crippen LogP contribution in [-0.2, 0) is 15.2 Å². The summed E-state index contributed by atoms with van der Waals surface area (Å²) in [6.45, 7) is 2.40. The summed E-state index contributed by atoms with van der Waals surface area (Å²) in [7, 11) is 3.11. The third-order valence-electron chi connectivity index (χ3n) is 7.18. The van der Waals surface area contributed by atoms with E-state index >= 15 is 0 Å². The fourth-order valence-electron chi connectivity index (χ4n) is 5.69. The van der Waals surface area contributed by atoms with Crippen LogP contribution in [0.1, 0.15) is 36.2 Å². The molecule has 0 aliphatic heterocycles. The Balaban J connectivity index is 2.07. The van der Waals surface area contributed by atoms with Crippen LogP contribution in [0, 0.1) is 11.8 Å². The molecule has 0 saturated heterocycles. The lowest BCUT2D eigenvalue weighted by Crippen LogP contribution is -2.64. The van der Waals surface area contributed by atoms with E-state index in [0.717, 1.165) is 13.0 Å². The standard InChI is InChI=1S/C23H24ClNO8/c1-8(26)13-19(29)17(25(3)4)10-7-9-14(21(31)23(10,33)20(13)30)18(28)15-12(27)6-5-11(24)16(15)22(9,2)32/h5-6,9-10,17,27,29,31-33H,7H2,1-4H3/t9?,10?,17-,22?,23?/m1/s1. The van der Waals surface area contributed by atoms with Crippen molar-refractivity contribution in [2.45, 2.75) is 37.5 Å². The van der Waals surface area contributed by atoms with E-state index in [1.54, 1.807) is 14.1 Å². The molecule has 5 atom stereocenters. The number of phenols is 1. The Morgan fingerprint density at radius 3 is 2.30 bits per heavy atom. The zero-order valence-corrected chi connectivity index (χ0v) is 19.1. The molecule has 10 heteroatoms. The fraction of sp³-hybridized carbons (Fsp3) is 0.435. The van der Waals surface area contributed by atoms with Gasteiger partial charge in [0.05, 0.1) is 17.2 Å². The van der Waals surface area contributed by atoms with Gasteiger partial charge >= 0.3 is 0 Å². The van der Waals surface area contributed by atoms with E-state index in [1.165, 1.54) is 17.9 Å². The van der Waals surface area contributed by atoms with Crippen molar-refractivity contribution in [3.05, 3.63) is 50.9 Å². The molecular weight excluding hydrogens is 454 g/mol. The number of aliphatic hydroxyl groups excluding tert-OH is 2. The van der Waals surface area contributed by atoms with Crippen molar-refractivity contribution in [3.63, 3.8) is 0 Å². The first-order valence-corrected chi connectivity index (χ1v) is 10.7. The zero-order valence-electron chi connectivity index (χ0n) is 18.4. The highest BCUT2D eigenvalue weighted by molar-refractivity contribution is 6.33. The van der Waals surface area contributed by atoms with Crippen molar-refractivity contribution in [2.75, 3.05) is 14.1 Å². The number of carbonyl (C=O) groups excluding carboxylic acids is 3. The van der Waals surface area contributed by atoms with E-state index in [1.807, 2.05) is 0 Å². The molecule has 4 unspecified atom stereocenters. The fourth-order valence-corrected chi connectivity index (χ4v) is 6.04. The molecule has 1 aromatic carbocycles. The molecule has 0 saturated carbocycles. The number of benzene rings is 1. The maximum atomic E-state index is 13.4. The number of Topliss-reactive ketones (excluding diaryl/α,β-unsaturated/α-hetero) is 3. The molecule has 9 nitrogen and oxygen atoms in total. The number of phenolic OH excluding ortho intramolecular Hbond substituents is 1. The molecule has 33 heavy (non-hydrogen) atoms. The summed E-state index contributed by atoms with van der Waals surface area (Å²) in [5, 5.41) is 55.5. The van der Waals surface area contributed by atoms with Crippen LogP contribution in [0.15, 0.2) is 34.8 Å². The Morgan fingerprint density at radius 1 is 1.15 bits per heavy atom. The van der Waals surface area contributed by atoms with Crippen molar-refractivity contribution in [1.82, 2.24) is 4.90 Å². The van der Waals surface area contributed by atoms with Gasteiger partial charge in [0.1, 0.15) is 22.8 Å². The van der Waals surface area contributed by atoms with E-state index in [9.17, 15) is 39.9 Å². The molecule has 1 aromatic rings. The molecule has 0 spiro atoms. The van der Waals surface area contributed by atoms with Gasteiger partial charge in [-0.1, -0.05) is 11.6 Å². The molecule has 0 radical (unpaired) electrons. The van der Waals surface area contributed by atoms with Gasteiger partial charge in [-0.05, 0) is 46.5 Å². The summed E-state index contributed by atoms with van der Waals surface area (Å²) in [5.74, 6) is -7.35. The van der Waals surface area contributed by atoms with E-state index in [0.29, 0.717) is 0 Å². The first-order valence-electron chi connectivity index (χ1n) is 10.3. The van der Waals surface area contributed by atoms with Crippen molar-refractivity contribution in [2.24, 2.45) is 11.8 Å². The van der Waals surface area contributed by atoms with Crippen molar-refractivity contribution in [1.29, 1.82) is 0 Å². The number of carbonyl (C=O) groups is 3. The summed E-state index contributed by atoms with van der Waals surface area (Å²) in [6, 6.07) is 1.41. The van der Waals surface area contributed by atoms with Crippen molar-refractivity contribution < 1.29 is 39.9 Å². The Hall–Kier alpha value is -2.72. The van der Waals surface area contributed by atoms with E-state index < -0.39 is 74.8 Å². The van der Waals surface area contributed by atoms with Crippen LogP contribution in [0.2, 0.25) is 5.02 Å². The molecule has 3 aliphatic carbocycles. The van der Waals surface area contributed by atoms with Crippen LogP contribution < -0.4 is 0 Å². The first-order chi connectivity index (χ1) is 15.2. The second-order valence-electron chi connectivity index (χ2n) is 9.27. The predicted molar refractivity (Wildman–Crippen MR) is 116 cm³/mol. The SMILES string of the molecule is CC(=O)C1=C(O)[C@H](N(C)C)C2CC3C(=C(O)C2(O)C1=O)C(=O)c1c(O)ccc(Cl)c1C3(C)O. The van der Waals surface area contributed by atoms with Gasteiger partial charge < -0.3 is 25.5 Å². The van der Waals surface area contributed by atoms with Crippen molar-refractivity contribution >= 4 is 29.0 Å². The Morgan fingerprint density at radius 2 is 1.76 bits per heavy atom. The van der Waals surface area contributed by atoms with Crippen LogP contribution in [0.5, 0.6) is 5.75 Å². The molecule has 0 aromatic heterocycles. The van der Waals surface area contributed by atoms with E-state index in [2.05, 4.69) is 0 Å². The number of aliphatic hydroxyl groups is 4. The number of hydrogen-bond donors (Lipinski definition) is 5. The topological polar surface area (TPSA) is 156 Å². The largest absolute Gasteiger partial charge is 0.510 e. The lowest BCUT2D eigenvalue weighted by molar-refractivity contribution is -0.151. The minimum absolute atomic E-state index is 0.0195. The number of nitrogens with zero attached hydrogens (tertiary/aromatic N) is 1. The lowest BCUT2D eigenvalue weighted by Gasteiger charge is -2.53. The lowest BCUT2D eigenvalue weighted by atomic mass is 9.55. The van der Waals surface area contributed by atoms with Crippen LogP contribution in [0.25, 0.3) is 0 Å². The van der Waals surface area contributed by atoms with E-state index in [4.69, 9.17) is 11.6 Å². The summed E-state index contributed by atoms with van der Waals surface area (Å²) in [6.07, 6.45) is -0.218. The maximum Gasteiger partial charge on any atom is 0.209 e. The van der Waals surface area contributed by atoms with Gasteiger partial charge in [-0.3, -0.25) is 19.3 Å². The monoisotopic (exact) mass is 477 g/mol. The number of rotatable bonds is 2. The predicted octanol–water partition coefficient (Wildman–Crippen LogP) is 1.54. The Labute approximate surface area is 194 Å². The van der Waals surface area contributed by atoms with Gasteiger partial charge in [-0.15, -0.1) is 0 Å². The highest BCUT2D eigenvalue weighted by atomic mass is 35.5. The number of ketones is 3. The van der Waals surface area contributed by atoms with Crippen molar-refractivity contribution in [3.8, 4) is 5.75 Å². The van der Waals surface area contributed by atoms with Crippen LogP contribution >= 0.6 is 11.6 Å². The number of aromatic hydroxyl groups is 1. The molecule has 5 N–H and O–H groups in total. The van der Waals surface area contributed by atoms with Gasteiger partial charge in [0, 0.05) is 28.0 Å². The quantitative estimate of drug-likeness (QED) is 0.399. The van der Waals surface area contributed by atoms with E-state index in [-0.39, 0.29) is 22.6 Å². The average Bonchev–Trinajstić information content (AvgIpc) is 2.69. The summed E-state index contributed by atoms with van der Waals surface area (Å²) < 4.78 is 0. The maximum absolute atomic E-state index is 13.4. The second kappa shape index (κ2) is 7.14. The van der Waals surface area contributed by atoms with Gasteiger partial charge in [-0.2, -0.15) is 0 Å². The highest BCUT2D eigenvalue weighted by Gasteiger charge is 2.65. The average molecular weight is 478 g/mol. The molecule has 0 heterocycles. The van der Waals surface area contributed by atoms with Gasteiger partial charge in [0.25, 0.3) is 0 Å². The summed E-state index contributed by atoms with van der Waals surface area (Å²) >= 11 is 6.28. The number of likely N-dealkylation sites (N-methyl/N-ethyl adjacent to an activating group) is 1. The molecule has 4 rings (SSSR count). The molecular formula is C23H24ClNO8. The Kier molecular flexibility index (Phi) is 5.07. The normalized spacial score (nSPS) is 33.8. The van der Waals surface area contributed by atoms with Gasteiger partial charge in [0.15, 0.2) is 17.2 Å². The van der Waals surface area contributed by atoms with Gasteiger partial charge in [0.2, 0.25) is 5.78 Å². The highest BCUT2D eigenvalue weighted by Crippen LogP contribution is 2.57. The molecule has 0 bridgehead atoms. The van der Waals surface area contributed by atoms with Gasteiger partial charge in [-0.25, -0.2) is 0 Å². The zero-order chi connectivity index (χ0) is 24.8. The molecule has 0 fully saturated rings. The summed E-state index contributed by atoms with van der Waals surface area (Å²) in [4.78, 5) is 40.4.